The van der Waals surface area contributed by atoms with E-state index in [1.165, 1.54) is 0 Å². The molecule has 1 rings (SSSR count). The number of carbonyl (C=O) groups is 1. The molecule has 17 heavy (non-hydrogen) atoms. The topological polar surface area (TPSA) is 64.3 Å². The molecule has 1 fully saturated rings. The summed E-state index contributed by atoms with van der Waals surface area (Å²) in [5, 5.41) is 3.16. The minimum atomic E-state index is -0.227. The van der Waals surface area contributed by atoms with Crippen molar-refractivity contribution < 1.29 is 9.53 Å². The van der Waals surface area contributed by atoms with E-state index < -0.39 is 0 Å². The van der Waals surface area contributed by atoms with Crippen molar-refractivity contribution in [3.05, 3.63) is 0 Å². The van der Waals surface area contributed by atoms with E-state index in [1.807, 2.05) is 0 Å². The molecule has 0 aromatic heterocycles. The van der Waals surface area contributed by atoms with Crippen molar-refractivity contribution in [1.82, 2.24) is 5.32 Å². The molecular formula is C13H26N2O2. The zero-order valence-corrected chi connectivity index (χ0v) is 11.3. The maximum Gasteiger partial charge on any atom is 0.224 e. The Balaban J connectivity index is 2.63. The normalized spacial score (nSPS) is 25.6. The molecule has 2 atom stereocenters. The molecule has 0 bridgehead atoms. The number of ether oxygens (including phenoxy) is 1. The van der Waals surface area contributed by atoms with Crippen molar-refractivity contribution in [3.8, 4) is 0 Å². The number of nitrogens with two attached hydrogens (primary N) is 1. The Morgan fingerprint density at radius 1 is 1.47 bits per heavy atom. The van der Waals surface area contributed by atoms with Crippen molar-refractivity contribution in [2.75, 3.05) is 19.8 Å². The summed E-state index contributed by atoms with van der Waals surface area (Å²) in [4.78, 5) is 12.3. The summed E-state index contributed by atoms with van der Waals surface area (Å²) in [5.41, 5.74) is 5.57. The van der Waals surface area contributed by atoms with E-state index in [2.05, 4.69) is 26.1 Å². The van der Waals surface area contributed by atoms with E-state index in [-0.39, 0.29) is 17.4 Å². The van der Waals surface area contributed by atoms with Gasteiger partial charge in [0.1, 0.15) is 0 Å². The fourth-order valence-corrected chi connectivity index (χ4v) is 2.39. The first-order valence-electron chi connectivity index (χ1n) is 6.68. The van der Waals surface area contributed by atoms with Gasteiger partial charge in [-0.3, -0.25) is 4.79 Å². The van der Waals surface area contributed by atoms with Gasteiger partial charge in [0, 0.05) is 25.7 Å². The first-order chi connectivity index (χ1) is 8.08. The zero-order chi connectivity index (χ0) is 12.9. The number of amides is 1. The van der Waals surface area contributed by atoms with E-state index >= 15 is 0 Å². The number of rotatable bonds is 5. The fraction of sp³-hybridized carbons (Fsp3) is 0.923. The molecule has 1 aliphatic rings. The highest BCUT2D eigenvalue weighted by atomic mass is 16.5. The molecule has 4 nitrogen and oxygen atoms in total. The Kier molecular flexibility index (Phi) is 5.40. The molecular weight excluding hydrogens is 216 g/mol. The molecule has 0 spiro atoms. The average Bonchev–Trinajstić information content (AvgIpc) is 2.36. The number of hydrogen-bond acceptors (Lipinski definition) is 3. The number of nitrogens with one attached hydrogen (secondary N) is 1. The molecule has 1 amide bonds. The third-order valence-corrected chi connectivity index (χ3v) is 4.11. The third-order valence-electron chi connectivity index (χ3n) is 4.11. The molecule has 1 saturated heterocycles. The number of hydrogen-bond donors (Lipinski definition) is 2. The monoisotopic (exact) mass is 242 g/mol. The van der Waals surface area contributed by atoms with Crippen molar-refractivity contribution in [1.29, 1.82) is 0 Å². The highest BCUT2D eigenvalue weighted by Gasteiger charge is 2.33. The van der Waals surface area contributed by atoms with Gasteiger partial charge >= 0.3 is 0 Å². The van der Waals surface area contributed by atoms with Crippen LogP contribution in [-0.2, 0) is 9.53 Å². The lowest BCUT2D eigenvalue weighted by Gasteiger charge is -2.35. The van der Waals surface area contributed by atoms with Gasteiger partial charge in [-0.05, 0) is 25.2 Å². The van der Waals surface area contributed by atoms with Crippen molar-refractivity contribution in [2.24, 2.45) is 17.6 Å². The van der Waals surface area contributed by atoms with Crippen LogP contribution in [0, 0.1) is 11.8 Å². The highest BCUT2D eigenvalue weighted by Crippen LogP contribution is 2.23. The Morgan fingerprint density at radius 2 is 2.12 bits per heavy atom. The zero-order valence-electron chi connectivity index (χ0n) is 11.3. The van der Waals surface area contributed by atoms with Crippen molar-refractivity contribution in [2.45, 2.75) is 45.6 Å². The standard InChI is InChI=1S/C13H26N2O2/c1-4-13(5-2,9-14)15-12(16)11-6-7-17-8-10(11)3/h10-11H,4-9,14H2,1-3H3,(H,15,16). The van der Waals surface area contributed by atoms with Crippen LogP contribution < -0.4 is 11.1 Å². The molecule has 1 aliphatic heterocycles. The van der Waals surface area contributed by atoms with Crippen LogP contribution in [0.5, 0.6) is 0 Å². The lowest BCUT2D eigenvalue weighted by molar-refractivity contribution is -0.132. The minimum Gasteiger partial charge on any atom is -0.381 e. The molecule has 0 aromatic rings. The van der Waals surface area contributed by atoms with Gasteiger partial charge in [-0.15, -0.1) is 0 Å². The van der Waals surface area contributed by atoms with Gasteiger partial charge < -0.3 is 15.8 Å². The predicted molar refractivity (Wildman–Crippen MR) is 68.6 cm³/mol. The lowest BCUT2D eigenvalue weighted by Crippen LogP contribution is -2.55. The van der Waals surface area contributed by atoms with Gasteiger partial charge in [0.2, 0.25) is 5.91 Å². The van der Waals surface area contributed by atoms with Crippen LogP contribution in [0.3, 0.4) is 0 Å². The van der Waals surface area contributed by atoms with Gasteiger partial charge in [0.15, 0.2) is 0 Å². The van der Waals surface area contributed by atoms with Crippen molar-refractivity contribution >= 4 is 5.91 Å². The van der Waals surface area contributed by atoms with E-state index in [9.17, 15) is 4.79 Å². The molecule has 100 valence electrons. The van der Waals surface area contributed by atoms with Crippen LogP contribution in [0.2, 0.25) is 0 Å². The Hall–Kier alpha value is -0.610. The highest BCUT2D eigenvalue weighted by molar-refractivity contribution is 5.79. The second-order valence-electron chi connectivity index (χ2n) is 5.13. The summed E-state index contributed by atoms with van der Waals surface area (Å²) in [5.74, 6) is 0.524. The molecule has 4 heteroatoms. The molecule has 3 N–H and O–H groups in total. The molecule has 2 unspecified atom stereocenters. The Labute approximate surface area is 104 Å². The largest absolute Gasteiger partial charge is 0.381 e. The Morgan fingerprint density at radius 3 is 2.59 bits per heavy atom. The Bertz CT molecular complexity index is 244. The molecule has 1 heterocycles. The second-order valence-corrected chi connectivity index (χ2v) is 5.13. The predicted octanol–water partition coefficient (Wildman–Crippen LogP) is 1.29. The van der Waals surface area contributed by atoms with E-state index in [0.29, 0.717) is 25.7 Å². The van der Waals surface area contributed by atoms with Crippen LogP contribution in [-0.4, -0.2) is 31.2 Å². The first kappa shape index (κ1) is 14.5. The SMILES string of the molecule is CCC(CC)(CN)NC(=O)C1CCOCC1C. The summed E-state index contributed by atoms with van der Waals surface area (Å²) in [6.07, 6.45) is 2.58. The number of carbonyl (C=O) groups excluding carboxylic acids is 1. The van der Waals surface area contributed by atoms with Crippen LogP contribution in [0.15, 0.2) is 0 Å². The maximum absolute atomic E-state index is 12.3. The van der Waals surface area contributed by atoms with E-state index in [4.69, 9.17) is 10.5 Å². The lowest BCUT2D eigenvalue weighted by atomic mass is 9.86. The fourth-order valence-electron chi connectivity index (χ4n) is 2.39. The molecule has 0 aliphatic carbocycles. The van der Waals surface area contributed by atoms with Gasteiger partial charge in [0.05, 0.1) is 5.54 Å². The summed E-state index contributed by atoms with van der Waals surface area (Å²) in [6.45, 7) is 8.10. The maximum atomic E-state index is 12.3. The summed E-state index contributed by atoms with van der Waals surface area (Å²) in [6, 6.07) is 0. The second kappa shape index (κ2) is 6.36. The van der Waals surface area contributed by atoms with Gasteiger partial charge in [-0.1, -0.05) is 20.8 Å². The first-order valence-corrected chi connectivity index (χ1v) is 6.68. The van der Waals surface area contributed by atoms with Crippen LogP contribution in [0.1, 0.15) is 40.0 Å². The quantitative estimate of drug-likeness (QED) is 0.763. The van der Waals surface area contributed by atoms with Crippen molar-refractivity contribution in [3.63, 3.8) is 0 Å². The van der Waals surface area contributed by atoms with Gasteiger partial charge in [-0.25, -0.2) is 0 Å². The third kappa shape index (κ3) is 3.42. The molecule has 0 radical (unpaired) electrons. The van der Waals surface area contributed by atoms with Crippen LogP contribution in [0.25, 0.3) is 0 Å². The minimum absolute atomic E-state index is 0.0766. The summed E-state index contributed by atoms with van der Waals surface area (Å²) in [7, 11) is 0. The summed E-state index contributed by atoms with van der Waals surface area (Å²) >= 11 is 0. The van der Waals surface area contributed by atoms with Gasteiger partial charge in [-0.2, -0.15) is 0 Å². The van der Waals surface area contributed by atoms with E-state index in [0.717, 1.165) is 19.3 Å². The smallest absolute Gasteiger partial charge is 0.224 e. The molecule has 0 aromatic carbocycles. The summed E-state index contributed by atoms with van der Waals surface area (Å²) < 4.78 is 5.37. The average molecular weight is 242 g/mol. The van der Waals surface area contributed by atoms with E-state index in [1.54, 1.807) is 0 Å². The van der Waals surface area contributed by atoms with Crippen LogP contribution >= 0.6 is 0 Å². The molecule has 0 saturated carbocycles. The van der Waals surface area contributed by atoms with Gasteiger partial charge in [0.25, 0.3) is 0 Å². The van der Waals surface area contributed by atoms with Crippen LogP contribution in [0.4, 0.5) is 0 Å².